The van der Waals surface area contributed by atoms with Crippen molar-refractivity contribution in [3.05, 3.63) is 29.3 Å². The molecule has 2 rings (SSSR count). The van der Waals surface area contributed by atoms with E-state index in [0.717, 1.165) is 33.9 Å². The Morgan fingerprint density at radius 2 is 2.24 bits per heavy atom. The normalized spacial score (nSPS) is 18.1. The van der Waals surface area contributed by atoms with Gasteiger partial charge < -0.3 is 0 Å². The van der Waals surface area contributed by atoms with Gasteiger partial charge in [-0.1, -0.05) is 11.6 Å². The minimum absolute atomic E-state index is 0.555. The van der Waals surface area contributed by atoms with Gasteiger partial charge >= 0.3 is 0 Å². The van der Waals surface area contributed by atoms with E-state index in [1.165, 1.54) is 0 Å². The van der Waals surface area contributed by atoms with E-state index in [1.54, 1.807) is 11.8 Å². The molecule has 0 saturated heterocycles. The van der Waals surface area contributed by atoms with Crippen molar-refractivity contribution >= 4 is 27.6 Å². The second-order valence-corrected chi connectivity index (χ2v) is 6.47. The van der Waals surface area contributed by atoms with Gasteiger partial charge in [0.05, 0.1) is 0 Å². The molecular formula is C11H13NO3S2. The molecular weight excluding hydrogens is 258 g/mol. The Morgan fingerprint density at radius 3 is 2.94 bits per heavy atom. The molecule has 6 heteroatoms. The van der Waals surface area contributed by atoms with Gasteiger partial charge in [0.25, 0.3) is 10.1 Å². The van der Waals surface area contributed by atoms with E-state index in [-0.39, 0.29) is 0 Å². The largest absolute Gasteiger partial charge is 0.285 e. The number of aliphatic imine (C=N–C) groups is 1. The first-order valence-corrected chi connectivity index (χ1v) is 7.77. The van der Waals surface area contributed by atoms with E-state index in [0.29, 0.717) is 0 Å². The Hall–Kier alpha value is -0.850. The van der Waals surface area contributed by atoms with Crippen molar-refractivity contribution in [1.29, 1.82) is 0 Å². The van der Waals surface area contributed by atoms with Gasteiger partial charge in [-0.25, -0.2) is 0 Å². The minimum atomic E-state index is -4.03. The molecule has 0 aliphatic carbocycles. The van der Waals surface area contributed by atoms with Gasteiger partial charge in [0.1, 0.15) is 0 Å². The van der Waals surface area contributed by atoms with Crippen molar-refractivity contribution in [3.8, 4) is 0 Å². The second-order valence-electron chi connectivity index (χ2n) is 3.91. The highest BCUT2D eigenvalue weighted by atomic mass is 32.2. The summed E-state index contributed by atoms with van der Waals surface area (Å²) in [6, 6.07) is 6.05. The van der Waals surface area contributed by atoms with Crippen LogP contribution in [-0.4, -0.2) is 30.3 Å². The third kappa shape index (κ3) is 3.31. The molecule has 0 spiro atoms. The number of benzene rings is 1. The summed E-state index contributed by atoms with van der Waals surface area (Å²) < 4.78 is 30.1. The zero-order chi connectivity index (χ0) is 12.5. The highest BCUT2D eigenvalue weighted by Gasteiger charge is 2.16. The van der Waals surface area contributed by atoms with Crippen LogP contribution in [0, 0.1) is 6.92 Å². The topological polar surface area (TPSA) is 66.7 Å². The van der Waals surface area contributed by atoms with Crippen molar-refractivity contribution in [2.75, 3.05) is 11.6 Å². The summed E-state index contributed by atoms with van der Waals surface area (Å²) in [4.78, 5) is 5.12. The Bertz CT molecular complexity index is 564. The van der Waals surface area contributed by atoms with Crippen molar-refractivity contribution in [2.24, 2.45) is 4.99 Å². The van der Waals surface area contributed by atoms with Crippen molar-refractivity contribution in [3.63, 3.8) is 0 Å². The first-order valence-electron chi connectivity index (χ1n) is 5.18. The summed E-state index contributed by atoms with van der Waals surface area (Å²) in [5.74, 6) is 0.334. The van der Waals surface area contributed by atoms with E-state index in [9.17, 15) is 8.42 Å². The standard InChI is InChI=1S/C11H13NO3S2/c1-8-2-3-11-9(6-8)10(4-5-16-11)12-7-17(13,14)15/h2-3,6H,4-5,7H2,1H3,(H,13,14,15)/b12-10+. The van der Waals surface area contributed by atoms with E-state index in [2.05, 4.69) is 4.99 Å². The number of hydrogen-bond acceptors (Lipinski definition) is 4. The van der Waals surface area contributed by atoms with Crippen molar-refractivity contribution in [1.82, 2.24) is 0 Å². The van der Waals surface area contributed by atoms with Gasteiger partial charge in [-0.2, -0.15) is 8.42 Å². The lowest BCUT2D eigenvalue weighted by molar-refractivity contribution is 0.484. The molecule has 0 amide bonds. The molecule has 1 heterocycles. The molecule has 1 aliphatic rings. The van der Waals surface area contributed by atoms with Gasteiger partial charge in [0.15, 0.2) is 5.88 Å². The van der Waals surface area contributed by atoms with Crippen LogP contribution in [0.4, 0.5) is 0 Å². The average molecular weight is 271 g/mol. The fraction of sp³-hybridized carbons (Fsp3) is 0.364. The first kappa shape index (κ1) is 12.6. The molecule has 0 atom stereocenters. The third-order valence-electron chi connectivity index (χ3n) is 2.46. The van der Waals surface area contributed by atoms with Crippen molar-refractivity contribution in [2.45, 2.75) is 18.2 Å². The lowest BCUT2D eigenvalue weighted by Crippen LogP contribution is -2.13. The van der Waals surface area contributed by atoms with Crippen LogP contribution in [0.3, 0.4) is 0 Å². The Morgan fingerprint density at radius 1 is 1.47 bits per heavy atom. The Balaban J connectivity index is 2.37. The predicted octanol–water partition coefficient (Wildman–Crippen LogP) is 2.13. The van der Waals surface area contributed by atoms with Crippen LogP contribution < -0.4 is 0 Å². The lowest BCUT2D eigenvalue weighted by Gasteiger charge is -2.17. The van der Waals surface area contributed by atoms with E-state index < -0.39 is 16.0 Å². The van der Waals surface area contributed by atoms with Crippen LogP contribution in [0.1, 0.15) is 17.5 Å². The number of rotatable bonds is 2. The van der Waals surface area contributed by atoms with Crippen LogP contribution in [-0.2, 0) is 10.1 Å². The summed E-state index contributed by atoms with van der Waals surface area (Å²) in [5.41, 5.74) is 2.87. The molecule has 4 nitrogen and oxygen atoms in total. The first-order chi connectivity index (χ1) is 7.96. The molecule has 0 fully saturated rings. The second kappa shape index (κ2) is 4.80. The molecule has 0 saturated carbocycles. The number of hydrogen-bond donors (Lipinski definition) is 1. The fourth-order valence-electron chi connectivity index (χ4n) is 1.71. The van der Waals surface area contributed by atoms with Gasteiger partial charge in [-0.3, -0.25) is 9.55 Å². The van der Waals surface area contributed by atoms with Gasteiger partial charge in [-0.15, -0.1) is 11.8 Å². The molecule has 1 aromatic carbocycles. The molecule has 0 radical (unpaired) electrons. The average Bonchev–Trinajstić information content (AvgIpc) is 2.25. The van der Waals surface area contributed by atoms with Crippen LogP contribution >= 0.6 is 11.8 Å². The molecule has 0 aromatic heterocycles. The molecule has 1 N–H and O–H groups in total. The van der Waals surface area contributed by atoms with Crippen LogP contribution in [0.5, 0.6) is 0 Å². The molecule has 1 aromatic rings. The molecule has 92 valence electrons. The van der Waals surface area contributed by atoms with Crippen LogP contribution in [0.2, 0.25) is 0 Å². The van der Waals surface area contributed by atoms with Gasteiger partial charge in [0.2, 0.25) is 0 Å². The minimum Gasteiger partial charge on any atom is -0.284 e. The highest BCUT2D eigenvalue weighted by Crippen LogP contribution is 2.30. The van der Waals surface area contributed by atoms with Crippen molar-refractivity contribution < 1.29 is 13.0 Å². The zero-order valence-corrected chi connectivity index (χ0v) is 11.0. The van der Waals surface area contributed by atoms with E-state index in [4.69, 9.17) is 4.55 Å². The lowest BCUT2D eigenvalue weighted by atomic mass is 10.0. The smallest absolute Gasteiger partial charge is 0.284 e. The van der Waals surface area contributed by atoms with E-state index >= 15 is 0 Å². The quantitative estimate of drug-likeness (QED) is 0.837. The zero-order valence-electron chi connectivity index (χ0n) is 9.38. The molecule has 17 heavy (non-hydrogen) atoms. The molecule has 0 unspecified atom stereocenters. The third-order valence-corrected chi connectivity index (χ3v) is 3.99. The number of nitrogens with zero attached hydrogens (tertiary/aromatic N) is 1. The summed E-state index contributed by atoms with van der Waals surface area (Å²) in [7, 11) is -4.03. The number of fused-ring (bicyclic) bond motifs is 1. The molecule has 0 bridgehead atoms. The summed E-state index contributed by atoms with van der Waals surface area (Å²) in [5, 5.41) is 0. The maximum atomic E-state index is 10.7. The van der Waals surface area contributed by atoms with Crippen LogP contribution in [0.15, 0.2) is 28.1 Å². The Labute approximate surface area is 105 Å². The molecule has 1 aliphatic heterocycles. The maximum Gasteiger partial charge on any atom is 0.285 e. The monoisotopic (exact) mass is 271 g/mol. The van der Waals surface area contributed by atoms with Gasteiger partial charge in [-0.05, 0) is 25.5 Å². The van der Waals surface area contributed by atoms with E-state index in [1.807, 2.05) is 25.1 Å². The predicted molar refractivity (Wildman–Crippen MR) is 69.5 cm³/mol. The highest BCUT2D eigenvalue weighted by molar-refractivity contribution is 7.99. The van der Waals surface area contributed by atoms with Gasteiger partial charge in [0, 0.05) is 21.9 Å². The SMILES string of the molecule is Cc1ccc2c(c1)/C(=N/CS(=O)(=O)O)CCS2. The maximum absolute atomic E-state index is 10.7. The summed E-state index contributed by atoms with van der Waals surface area (Å²) in [6.45, 7) is 1.99. The number of thioether (sulfide) groups is 1. The number of aryl methyl sites for hydroxylation is 1. The summed E-state index contributed by atoms with van der Waals surface area (Å²) in [6.07, 6.45) is 0.733. The van der Waals surface area contributed by atoms with Crippen LogP contribution in [0.25, 0.3) is 0 Å². The summed E-state index contributed by atoms with van der Waals surface area (Å²) >= 11 is 1.74. The Kier molecular flexibility index (Phi) is 3.56. The fourth-order valence-corrected chi connectivity index (χ4v) is 3.04.